The molecule has 1 radical (unpaired) electrons. The molecule has 1 saturated carbocycles. The Balaban J connectivity index is 2.54. The Morgan fingerprint density at radius 3 is 2.12 bits per heavy atom. The van der Waals surface area contributed by atoms with E-state index in [1.807, 2.05) is 0 Å². The van der Waals surface area contributed by atoms with Gasteiger partial charge in [0, 0.05) is 0 Å². The maximum atomic E-state index is 2.34. The van der Waals surface area contributed by atoms with Crippen molar-refractivity contribution in [3.05, 3.63) is 5.92 Å². The lowest BCUT2D eigenvalue weighted by Crippen LogP contribution is -2.11. The van der Waals surface area contributed by atoms with Gasteiger partial charge in [-0.15, -0.1) is 0 Å². The summed E-state index contributed by atoms with van der Waals surface area (Å²) in [6.45, 7) is 6.97. The van der Waals surface area contributed by atoms with Crippen LogP contribution in [0.2, 0.25) is 0 Å². The minimum absolute atomic E-state index is 0.569. The van der Waals surface area contributed by atoms with E-state index in [0.717, 1.165) is 0 Å². The van der Waals surface area contributed by atoms with Crippen LogP contribution >= 0.6 is 0 Å². The standard InChI is InChI=1S/C8H15/c1-7-5-4-6-8(7,2)3/h4-6H2,1-3H3. The van der Waals surface area contributed by atoms with E-state index in [-0.39, 0.29) is 0 Å². The molecule has 1 rings (SSSR count). The van der Waals surface area contributed by atoms with Gasteiger partial charge in [-0.2, -0.15) is 0 Å². The molecule has 0 heterocycles. The van der Waals surface area contributed by atoms with Crippen molar-refractivity contribution in [3.8, 4) is 0 Å². The fourth-order valence-electron chi connectivity index (χ4n) is 1.35. The molecule has 1 fully saturated rings. The molecular formula is C8H15. The van der Waals surface area contributed by atoms with E-state index in [1.54, 1.807) is 5.92 Å². The second-order valence-electron chi connectivity index (χ2n) is 3.52. The van der Waals surface area contributed by atoms with Crippen LogP contribution in [0, 0.1) is 11.3 Å². The fourth-order valence-corrected chi connectivity index (χ4v) is 1.35. The van der Waals surface area contributed by atoms with E-state index < -0.39 is 0 Å². The van der Waals surface area contributed by atoms with Crippen molar-refractivity contribution in [3.63, 3.8) is 0 Å². The normalized spacial score (nSPS) is 28.9. The summed E-state index contributed by atoms with van der Waals surface area (Å²) < 4.78 is 0. The third-order valence-electron chi connectivity index (χ3n) is 2.51. The highest BCUT2D eigenvalue weighted by Gasteiger charge is 2.30. The summed E-state index contributed by atoms with van der Waals surface area (Å²) in [5.74, 6) is 1.69. The van der Waals surface area contributed by atoms with E-state index >= 15 is 0 Å². The first-order chi connectivity index (χ1) is 3.63. The summed E-state index contributed by atoms with van der Waals surface area (Å²) in [7, 11) is 0. The van der Waals surface area contributed by atoms with Gasteiger partial charge in [-0.05, 0) is 24.2 Å². The quantitative estimate of drug-likeness (QED) is 0.451. The van der Waals surface area contributed by atoms with Crippen molar-refractivity contribution in [2.75, 3.05) is 0 Å². The molecule has 0 aromatic carbocycles. The predicted molar refractivity (Wildman–Crippen MR) is 36.5 cm³/mol. The highest BCUT2D eigenvalue weighted by molar-refractivity contribution is 5.03. The molecule has 0 aliphatic heterocycles. The fraction of sp³-hybridized carbons (Fsp3) is 0.875. The van der Waals surface area contributed by atoms with E-state index in [2.05, 4.69) is 20.8 Å². The van der Waals surface area contributed by atoms with Crippen LogP contribution in [0.15, 0.2) is 0 Å². The third-order valence-corrected chi connectivity index (χ3v) is 2.51. The SMILES string of the molecule is C[C]1CCCC1(C)C. The zero-order chi connectivity index (χ0) is 6.20. The van der Waals surface area contributed by atoms with Gasteiger partial charge in [0.2, 0.25) is 0 Å². The van der Waals surface area contributed by atoms with E-state index in [0.29, 0.717) is 5.41 Å². The molecule has 0 N–H and O–H groups in total. The summed E-state index contributed by atoms with van der Waals surface area (Å²) in [4.78, 5) is 0. The van der Waals surface area contributed by atoms with Gasteiger partial charge in [-0.3, -0.25) is 0 Å². The number of hydrogen-bond acceptors (Lipinski definition) is 0. The average Bonchev–Trinajstić information content (AvgIpc) is 1.86. The zero-order valence-electron chi connectivity index (χ0n) is 6.12. The van der Waals surface area contributed by atoms with E-state index in [1.165, 1.54) is 19.3 Å². The van der Waals surface area contributed by atoms with Crippen LogP contribution < -0.4 is 0 Å². The number of rotatable bonds is 0. The molecule has 0 spiro atoms. The predicted octanol–water partition coefficient (Wildman–Crippen LogP) is 2.79. The largest absolute Gasteiger partial charge is 0.0594 e. The minimum atomic E-state index is 0.569. The van der Waals surface area contributed by atoms with Gasteiger partial charge in [0.05, 0.1) is 0 Å². The highest BCUT2D eigenvalue weighted by Crippen LogP contribution is 2.43. The van der Waals surface area contributed by atoms with Crippen molar-refractivity contribution in [1.29, 1.82) is 0 Å². The Morgan fingerprint density at radius 2 is 2.00 bits per heavy atom. The molecule has 0 atom stereocenters. The van der Waals surface area contributed by atoms with Crippen LogP contribution in [0.3, 0.4) is 0 Å². The van der Waals surface area contributed by atoms with Crippen molar-refractivity contribution in [2.24, 2.45) is 5.41 Å². The Morgan fingerprint density at radius 1 is 1.38 bits per heavy atom. The Bertz CT molecular complexity index is 82.0. The molecular weight excluding hydrogens is 96.1 g/mol. The Labute approximate surface area is 52.3 Å². The summed E-state index contributed by atoms with van der Waals surface area (Å²) in [6, 6.07) is 0. The first-order valence-electron chi connectivity index (χ1n) is 3.46. The first kappa shape index (κ1) is 6.12. The van der Waals surface area contributed by atoms with Crippen LogP contribution in [0.1, 0.15) is 40.0 Å². The monoisotopic (exact) mass is 111 g/mol. The van der Waals surface area contributed by atoms with Crippen LogP contribution in [-0.2, 0) is 0 Å². The van der Waals surface area contributed by atoms with E-state index in [4.69, 9.17) is 0 Å². The first-order valence-corrected chi connectivity index (χ1v) is 3.46. The second-order valence-corrected chi connectivity index (χ2v) is 3.52. The average molecular weight is 111 g/mol. The molecule has 0 aromatic rings. The lowest BCUT2D eigenvalue weighted by Gasteiger charge is -2.21. The molecule has 0 nitrogen and oxygen atoms in total. The molecule has 0 amide bonds. The lowest BCUT2D eigenvalue weighted by atomic mass is 9.83. The molecule has 0 saturated heterocycles. The molecule has 1 aliphatic rings. The van der Waals surface area contributed by atoms with Crippen LogP contribution in [0.5, 0.6) is 0 Å². The highest BCUT2D eigenvalue weighted by atomic mass is 14.4. The summed E-state index contributed by atoms with van der Waals surface area (Å²) in [6.07, 6.45) is 4.19. The van der Waals surface area contributed by atoms with Gasteiger partial charge in [-0.1, -0.05) is 27.2 Å². The van der Waals surface area contributed by atoms with Crippen LogP contribution in [0.4, 0.5) is 0 Å². The van der Waals surface area contributed by atoms with Crippen molar-refractivity contribution >= 4 is 0 Å². The van der Waals surface area contributed by atoms with Gasteiger partial charge in [0.15, 0.2) is 0 Å². The van der Waals surface area contributed by atoms with Gasteiger partial charge in [-0.25, -0.2) is 0 Å². The molecule has 0 unspecified atom stereocenters. The molecule has 47 valence electrons. The maximum Gasteiger partial charge on any atom is -0.0216 e. The molecule has 8 heavy (non-hydrogen) atoms. The Kier molecular flexibility index (Phi) is 1.34. The third kappa shape index (κ3) is 0.888. The molecule has 0 bridgehead atoms. The summed E-state index contributed by atoms with van der Waals surface area (Å²) in [5, 5.41) is 0. The van der Waals surface area contributed by atoms with Crippen LogP contribution in [0.25, 0.3) is 0 Å². The molecule has 0 heteroatoms. The van der Waals surface area contributed by atoms with Crippen molar-refractivity contribution in [1.82, 2.24) is 0 Å². The number of hydrogen-bond donors (Lipinski definition) is 0. The lowest BCUT2D eigenvalue weighted by molar-refractivity contribution is 0.415. The molecule has 1 aliphatic carbocycles. The van der Waals surface area contributed by atoms with Gasteiger partial charge >= 0.3 is 0 Å². The maximum absolute atomic E-state index is 2.34. The zero-order valence-corrected chi connectivity index (χ0v) is 6.12. The summed E-state index contributed by atoms with van der Waals surface area (Å²) >= 11 is 0. The van der Waals surface area contributed by atoms with Crippen LogP contribution in [-0.4, -0.2) is 0 Å². The van der Waals surface area contributed by atoms with Gasteiger partial charge in [0.25, 0.3) is 0 Å². The van der Waals surface area contributed by atoms with Crippen molar-refractivity contribution < 1.29 is 0 Å². The Hall–Kier alpha value is 0. The van der Waals surface area contributed by atoms with E-state index in [9.17, 15) is 0 Å². The minimum Gasteiger partial charge on any atom is -0.0594 e. The van der Waals surface area contributed by atoms with Gasteiger partial charge in [0.1, 0.15) is 0 Å². The smallest absolute Gasteiger partial charge is 0.0216 e. The topological polar surface area (TPSA) is 0 Å². The van der Waals surface area contributed by atoms with Crippen molar-refractivity contribution in [2.45, 2.75) is 40.0 Å². The van der Waals surface area contributed by atoms with Gasteiger partial charge < -0.3 is 0 Å². The summed E-state index contributed by atoms with van der Waals surface area (Å²) in [5.41, 5.74) is 0.569. The molecule has 0 aromatic heterocycles. The second kappa shape index (κ2) is 1.75.